The molecule has 0 saturated carbocycles. The molecule has 17 heavy (non-hydrogen) atoms. The van der Waals surface area contributed by atoms with Gasteiger partial charge in [0, 0.05) is 17.4 Å². The number of hydrogen-bond donors (Lipinski definition) is 0. The van der Waals surface area contributed by atoms with Gasteiger partial charge in [0.05, 0.1) is 11.6 Å². The SMILES string of the molecule is COc1ccc(CC(=O)c2ccsc2)cc1Br. The summed E-state index contributed by atoms with van der Waals surface area (Å²) in [5, 5.41) is 3.79. The molecule has 0 fully saturated rings. The Morgan fingerprint density at radius 1 is 1.41 bits per heavy atom. The van der Waals surface area contributed by atoms with Crippen LogP contribution >= 0.6 is 27.3 Å². The average molecular weight is 311 g/mol. The predicted octanol–water partition coefficient (Wildman–Crippen LogP) is 3.94. The predicted molar refractivity (Wildman–Crippen MR) is 73.0 cm³/mol. The van der Waals surface area contributed by atoms with Crippen molar-refractivity contribution in [1.82, 2.24) is 0 Å². The summed E-state index contributed by atoms with van der Waals surface area (Å²) in [7, 11) is 1.62. The van der Waals surface area contributed by atoms with E-state index in [0.717, 1.165) is 21.3 Å². The molecule has 0 atom stereocenters. The van der Waals surface area contributed by atoms with E-state index < -0.39 is 0 Å². The summed E-state index contributed by atoms with van der Waals surface area (Å²) < 4.78 is 6.02. The van der Waals surface area contributed by atoms with E-state index in [2.05, 4.69) is 15.9 Å². The number of ether oxygens (including phenoxy) is 1. The van der Waals surface area contributed by atoms with Gasteiger partial charge >= 0.3 is 0 Å². The first-order valence-electron chi connectivity index (χ1n) is 5.08. The number of hydrogen-bond acceptors (Lipinski definition) is 3. The molecule has 0 spiro atoms. The summed E-state index contributed by atoms with van der Waals surface area (Å²) >= 11 is 4.95. The summed E-state index contributed by atoms with van der Waals surface area (Å²) in [5.74, 6) is 0.917. The van der Waals surface area contributed by atoms with E-state index in [1.165, 1.54) is 11.3 Å². The number of Topliss-reactive ketones (excluding diaryl/α,β-unsaturated/α-hetero) is 1. The van der Waals surface area contributed by atoms with Crippen molar-refractivity contribution in [2.45, 2.75) is 6.42 Å². The van der Waals surface area contributed by atoms with Gasteiger partial charge in [-0.1, -0.05) is 6.07 Å². The molecule has 0 aliphatic heterocycles. The molecule has 2 aromatic rings. The van der Waals surface area contributed by atoms with Crippen LogP contribution in [0.25, 0.3) is 0 Å². The van der Waals surface area contributed by atoms with Gasteiger partial charge in [0.1, 0.15) is 5.75 Å². The molecule has 0 bridgehead atoms. The van der Waals surface area contributed by atoms with Crippen molar-refractivity contribution in [1.29, 1.82) is 0 Å². The third kappa shape index (κ3) is 2.96. The van der Waals surface area contributed by atoms with E-state index in [9.17, 15) is 4.79 Å². The Morgan fingerprint density at radius 2 is 2.24 bits per heavy atom. The Balaban J connectivity index is 2.14. The third-order valence-electron chi connectivity index (χ3n) is 2.42. The van der Waals surface area contributed by atoms with Crippen LogP contribution in [0.3, 0.4) is 0 Å². The third-order valence-corrected chi connectivity index (χ3v) is 3.73. The number of thiophene rings is 1. The Bertz CT molecular complexity index is 520. The van der Waals surface area contributed by atoms with Gasteiger partial charge in [0.15, 0.2) is 5.78 Å². The molecular formula is C13H11BrO2S. The Labute approximate surface area is 112 Å². The van der Waals surface area contributed by atoms with Crippen LogP contribution in [0.2, 0.25) is 0 Å². The molecular weight excluding hydrogens is 300 g/mol. The Morgan fingerprint density at radius 3 is 2.82 bits per heavy atom. The molecule has 1 aromatic heterocycles. The zero-order valence-corrected chi connectivity index (χ0v) is 11.7. The number of ketones is 1. The monoisotopic (exact) mass is 310 g/mol. The van der Waals surface area contributed by atoms with Gasteiger partial charge in [-0.15, -0.1) is 0 Å². The first kappa shape index (κ1) is 12.3. The molecule has 0 aliphatic rings. The Hall–Kier alpha value is -1.13. The average Bonchev–Trinajstić information content (AvgIpc) is 2.82. The van der Waals surface area contributed by atoms with Crippen molar-refractivity contribution in [2.24, 2.45) is 0 Å². The van der Waals surface area contributed by atoms with Crippen LogP contribution < -0.4 is 4.74 Å². The molecule has 0 unspecified atom stereocenters. The molecule has 2 rings (SSSR count). The summed E-state index contributed by atoms with van der Waals surface area (Å²) in [5.41, 5.74) is 1.76. The summed E-state index contributed by atoms with van der Waals surface area (Å²) in [6, 6.07) is 7.54. The van der Waals surface area contributed by atoms with Crippen LogP contribution in [-0.2, 0) is 6.42 Å². The minimum absolute atomic E-state index is 0.142. The fraction of sp³-hybridized carbons (Fsp3) is 0.154. The lowest BCUT2D eigenvalue weighted by Gasteiger charge is -2.05. The van der Waals surface area contributed by atoms with Crippen LogP contribution in [0.1, 0.15) is 15.9 Å². The molecule has 0 saturated heterocycles. The maximum absolute atomic E-state index is 11.9. The van der Waals surface area contributed by atoms with Gasteiger partial charge in [-0.2, -0.15) is 11.3 Å². The number of halogens is 1. The van der Waals surface area contributed by atoms with E-state index >= 15 is 0 Å². The second kappa shape index (κ2) is 5.47. The second-order valence-corrected chi connectivity index (χ2v) is 5.22. The van der Waals surface area contributed by atoms with Crippen molar-refractivity contribution < 1.29 is 9.53 Å². The van der Waals surface area contributed by atoms with E-state index in [-0.39, 0.29) is 5.78 Å². The minimum atomic E-state index is 0.142. The smallest absolute Gasteiger partial charge is 0.168 e. The molecule has 4 heteroatoms. The Kier molecular flexibility index (Phi) is 3.97. The maximum Gasteiger partial charge on any atom is 0.168 e. The zero-order valence-electron chi connectivity index (χ0n) is 9.27. The van der Waals surface area contributed by atoms with Crippen LogP contribution in [0.4, 0.5) is 0 Å². The quantitative estimate of drug-likeness (QED) is 0.799. The van der Waals surface area contributed by atoms with Gasteiger partial charge in [-0.25, -0.2) is 0 Å². The fourth-order valence-electron chi connectivity index (χ4n) is 1.53. The number of benzene rings is 1. The van der Waals surface area contributed by atoms with E-state index in [0.29, 0.717) is 6.42 Å². The lowest BCUT2D eigenvalue weighted by molar-refractivity contribution is 0.0993. The molecule has 0 aliphatic carbocycles. The number of rotatable bonds is 4. The highest BCUT2D eigenvalue weighted by atomic mass is 79.9. The van der Waals surface area contributed by atoms with Crippen molar-refractivity contribution in [3.05, 3.63) is 50.6 Å². The molecule has 1 aromatic carbocycles. The summed E-state index contributed by atoms with van der Waals surface area (Å²) in [6.07, 6.45) is 0.416. The standard InChI is InChI=1S/C13H11BrO2S/c1-16-13-3-2-9(6-11(13)14)7-12(15)10-4-5-17-8-10/h2-6,8H,7H2,1H3. The van der Waals surface area contributed by atoms with Crippen molar-refractivity contribution in [3.8, 4) is 5.75 Å². The highest BCUT2D eigenvalue weighted by molar-refractivity contribution is 9.10. The van der Waals surface area contributed by atoms with Crippen LogP contribution in [0.15, 0.2) is 39.5 Å². The zero-order chi connectivity index (χ0) is 12.3. The van der Waals surface area contributed by atoms with Gasteiger partial charge in [0.2, 0.25) is 0 Å². The van der Waals surface area contributed by atoms with E-state index in [1.807, 2.05) is 35.0 Å². The molecule has 0 amide bonds. The second-order valence-electron chi connectivity index (χ2n) is 3.58. The number of carbonyl (C=O) groups is 1. The summed E-state index contributed by atoms with van der Waals surface area (Å²) in [6.45, 7) is 0. The van der Waals surface area contributed by atoms with Crippen LogP contribution in [-0.4, -0.2) is 12.9 Å². The molecule has 1 heterocycles. The molecule has 0 N–H and O–H groups in total. The van der Waals surface area contributed by atoms with Crippen molar-refractivity contribution in [2.75, 3.05) is 7.11 Å². The van der Waals surface area contributed by atoms with Gasteiger partial charge < -0.3 is 4.74 Å². The van der Waals surface area contributed by atoms with Crippen LogP contribution in [0, 0.1) is 0 Å². The number of carbonyl (C=O) groups excluding carboxylic acids is 1. The maximum atomic E-state index is 11.9. The summed E-state index contributed by atoms with van der Waals surface area (Å²) in [4.78, 5) is 11.9. The van der Waals surface area contributed by atoms with Crippen LogP contribution in [0.5, 0.6) is 5.75 Å². The van der Waals surface area contributed by atoms with Crippen molar-refractivity contribution >= 4 is 33.0 Å². The fourth-order valence-corrected chi connectivity index (χ4v) is 2.78. The van der Waals surface area contributed by atoms with Gasteiger partial charge in [-0.3, -0.25) is 4.79 Å². The molecule has 2 nitrogen and oxygen atoms in total. The lowest BCUT2D eigenvalue weighted by atomic mass is 10.1. The van der Waals surface area contributed by atoms with E-state index in [4.69, 9.17) is 4.74 Å². The van der Waals surface area contributed by atoms with Crippen molar-refractivity contribution in [3.63, 3.8) is 0 Å². The topological polar surface area (TPSA) is 26.3 Å². The molecule has 88 valence electrons. The van der Waals surface area contributed by atoms with Gasteiger partial charge in [-0.05, 0) is 45.1 Å². The number of methoxy groups -OCH3 is 1. The highest BCUT2D eigenvalue weighted by Gasteiger charge is 2.09. The first-order chi connectivity index (χ1) is 8.20. The highest BCUT2D eigenvalue weighted by Crippen LogP contribution is 2.26. The van der Waals surface area contributed by atoms with E-state index in [1.54, 1.807) is 7.11 Å². The van der Waals surface area contributed by atoms with Gasteiger partial charge in [0.25, 0.3) is 0 Å². The first-order valence-corrected chi connectivity index (χ1v) is 6.82. The minimum Gasteiger partial charge on any atom is -0.496 e. The normalized spacial score (nSPS) is 10.2. The largest absolute Gasteiger partial charge is 0.496 e. The lowest BCUT2D eigenvalue weighted by Crippen LogP contribution is -2.02. The molecule has 0 radical (unpaired) electrons.